The van der Waals surface area contributed by atoms with Crippen LogP contribution in [0.25, 0.3) is 0 Å². The number of hydrogen-bond donors (Lipinski definition) is 3. The van der Waals surface area contributed by atoms with Gasteiger partial charge in [0, 0.05) is 12.6 Å². The standard InChI is InChI=1S/C16H28N4O2/c1-4-15-14(9-17-20(15)10-11(2)3)19-16(22)18-12-5-7-13(21)8-6-12/h9,11-13,21H,4-8,10H2,1-3H3,(H2,18,19,22). The van der Waals surface area contributed by atoms with E-state index in [-0.39, 0.29) is 18.2 Å². The molecule has 0 unspecified atom stereocenters. The van der Waals surface area contributed by atoms with Gasteiger partial charge in [0.1, 0.15) is 0 Å². The van der Waals surface area contributed by atoms with Crippen LogP contribution in [0.3, 0.4) is 0 Å². The van der Waals surface area contributed by atoms with Gasteiger partial charge in [0.25, 0.3) is 0 Å². The number of aliphatic hydroxyl groups is 1. The van der Waals surface area contributed by atoms with Crippen molar-refractivity contribution in [2.24, 2.45) is 5.92 Å². The lowest BCUT2D eigenvalue weighted by Gasteiger charge is -2.26. The van der Waals surface area contributed by atoms with Gasteiger partial charge in [-0.25, -0.2) is 4.79 Å². The highest BCUT2D eigenvalue weighted by Crippen LogP contribution is 2.20. The van der Waals surface area contributed by atoms with Gasteiger partial charge in [-0.2, -0.15) is 5.10 Å². The molecule has 1 aromatic heterocycles. The first-order chi connectivity index (χ1) is 10.5. The minimum absolute atomic E-state index is 0.152. The molecule has 6 heteroatoms. The molecule has 0 spiro atoms. The molecule has 0 bridgehead atoms. The highest BCUT2D eigenvalue weighted by molar-refractivity contribution is 5.89. The van der Waals surface area contributed by atoms with Gasteiger partial charge in [-0.1, -0.05) is 20.8 Å². The zero-order chi connectivity index (χ0) is 16.1. The number of aliphatic hydroxyl groups excluding tert-OH is 1. The van der Waals surface area contributed by atoms with Crippen molar-refractivity contribution >= 4 is 11.7 Å². The third-order valence-electron chi connectivity index (χ3n) is 4.10. The minimum Gasteiger partial charge on any atom is -0.393 e. The summed E-state index contributed by atoms with van der Waals surface area (Å²) in [5, 5.41) is 19.8. The third kappa shape index (κ3) is 4.47. The number of amides is 2. The summed E-state index contributed by atoms with van der Waals surface area (Å²) in [6.07, 6.45) is 5.55. The van der Waals surface area contributed by atoms with E-state index in [1.54, 1.807) is 6.20 Å². The Kier molecular flexibility index (Phi) is 5.83. The largest absolute Gasteiger partial charge is 0.393 e. The lowest BCUT2D eigenvalue weighted by atomic mass is 9.93. The normalized spacial score (nSPS) is 21.9. The van der Waals surface area contributed by atoms with Crippen LogP contribution in [-0.2, 0) is 13.0 Å². The van der Waals surface area contributed by atoms with Crippen molar-refractivity contribution in [3.8, 4) is 0 Å². The Balaban J connectivity index is 1.92. The van der Waals surface area contributed by atoms with Crippen molar-refractivity contribution < 1.29 is 9.90 Å². The van der Waals surface area contributed by atoms with Crippen LogP contribution in [0, 0.1) is 5.92 Å². The Labute approximate surface area is 132 Å². The van der Waals surface area contributed by atoms with E-state index in [1.165, 1.54) is 0 Å². The van der Waals surface area contributed by atoms with E-state index >= 15 is 0 Å². The number of carbonyl (C=O) groups excluding carboxylic acids is 1. The van der Waals surface area contributed by atoms with Crippen LogP contribution in [0.2, 0.25) is 0 Å². The Hall–Kier alpha value is -1.56. The van der Waals surface area contributed by atoms with Crippen molar-refractivity contribution in [2.45, 2.75) is 71.6 Å². The molecule has 0 radical (unpaired) electrons. The number of anilines is 1. The average molecular weight is 308 g/mol. The molecule has 2 amide bonds. The molecule has 1 saturated carbocycles. The summed E-state index contributed by atoms with van der Waals surface area (Å²) in [6.45, 7) is 7.23. The first-order valence-corrected chi connectivity index (χ1v) is 8.29. The van der Waals surface area contributed by atoms with E-state index < -0.39 is 0 Å². The molecule has 1 fully saturated rings. The molecule has 0 saturated heterocycles. The zero-order valence-corrected chi connectivity index (χ0v) is 13.8. The number of urea groups is 1. The van der Waals surface area contributed by atoms with E-state index in [4.69, 9.17) is 0 Å². The fourth-order valence-corrected chi connectivity index (χ4v) is 2.96. The molecule has 1 aromatic rings. The molecule has 0 aromatic carbocycles. The molecule has 1 aliphatic rings. The molecule has 124 valence electrons. The lowest BCUT2D eigenvalue weighted by molar-refractivity contribution is 0.118. The number of nitrogens with zero attached hydrogens (tertiary/aromatic N) is 2. The monoisotopic (exact) mass is 308 g/mol. The van der Waals surface area contributed by atoms with Gasteiger partial charge in [-0.05, 0) is 38.0 Å². The maximum absolute atomic E-state index is 12.1. The molecule has 0 aliphatic heterocycles. The van der Waals surface area contributed by atoms with Gasteiger partial charge < -0.3 is 15.7 Å². The van der Waals surface area contributed by atoms with Gasteiger partial charge in [0.15, 0.2) is 0 Å². The summed E-state index contributed by atoms with van der Waals surface area (Å²) in [5.74, 6) is 0.514. The molecule has 2 rings (SSSR count). The summed E-state index contributed by atoms with van der Waals surface area (Å²) in [7, 11) is 0. The van der Waals surface area contributed by atoms with Crippen molar-refractivity contribution in [1.82, 2.24) is 15.1 Å². The molecule has 1 heterocycles. The first-order valence-electron chi connectivity index (χ1n) is 8.29. The quantitative estimate of drug-likeness (QED) is 0.782. The van der Waals surface area contributed by atoms with Crippen LogP contribution in [0.4, 0.5) is 10.5 Å². The second-order valence-corrected chi connectivity index (χ2v) is 6.54. The van der Waals surface area contributed by atoms with E-state index in [9.17, 15) is 9.90 Å². The van der Waals surface area contributed by atoms with Crippen molar-refractivity contribution in [1.29, 1.82) is 0 Å². The topological polar surface area (TPSA) is 79.2 Å². The highest BCUT2D eigenvalue weighted by atomic mass is 16.3. The van der Waals surface area contributed by atoms with E-state index in [0.717, 1.165) is 50.0 Å². The van der Waals surface area contributed by atoms with Gasteiger partial charge in [0.05, 0.1) is 23.7 Å². The number of aromatic nitrogens is 2. The first kappa shape index (κ1) is 16.8. The molecular formula is C16H28N4O2. The van der Waals surface area contributed by atoms with E-state index in [0.29, 0.717) is 5.92 Å². The van der Waals surface area contributed by atoms with Gasteiger partial charge in [-0.15, -0.1) is 0 Å². The Morgan fingerprint density at radius 3 is 2.68 bits per heavy atom. The third-order valence-corrected chi connectivity index (χ3v) is 4.10. The fraction of sp³-hybridized carbons (Fsp3) is 0.750. The SMILES string of the molecule is CCc1c(NC(=O)NC2CCC(O)CC2)cnn1CC(C)C. The molecule has 6 nitrogen and oxygen atoms in total. The number of hydrogen-bond acceptors (Lipinski definition) is 3. The van der Waals surface area contributed by atoms with Gasteiger partial charge in [0.2, 0.25) is 0 Å². The Morgan fingerprint density at radius 1 is 1.41 bits per heavy atom. The summed E-state index contributed by atoms with van der Waals surface area (Å²) < 4.78 is 1.97. The van der Waals surface area contributed by atoms with Crippen LogP contribution in [-0.4, -0.2) is 33.1 Å². The average Bonchev–Trinajstić information content (AvgIpc) is 2.82. The summed E-state index contributed by atoms with van der Waals surface area (Å²) in [5.41, 5.74) is 1.85. The predicted molar refractivity (Wildman–Crippen MR) is 86.9 cm³/mol. The van der Waals surface area contributed by atoms with Crippen LogP contribution in [0.15, 0.2) is 6.20 Å². The van der Waals surface area contributed by atoms with Crippen molar-refractivity contribution in [2.75, 3.05) is 5.32 Å². The molecule has 0 atom stereocenters. The van der Waals surface area contributed by atoms with Gasteiger partial charge in [-0.3, -0.25) is 4.68 Å². The van der Waals surface area contributed by atoms with Crippen molar-refractivity contribution in [3.63, 3.8) is 0 Å². The summed E-state index contributed by atoms with van der Waals surface area (Å²) >= 11 is 0. The van der Waals surface area contributed by atoms with E-state index in [2.05, 4.69) is 36.5 Å². The minimum atomic E-state index is -0.206. The number of nitrogens with one attached hydrogen (secondary N) is 2. The summed E-state index contributed by atoms with van der Waals surface area (Å²) in [4.78, 5) is 12.1. The molecular weight excluding hydrogens is 280 g/mol. The molecule has 1 aliphatic carbocycles. The highest BCUT2D eigenvalue weighted by Gasteiger charge is 2.21. The summed E-state index contributed by atoms with van der Waals surface area (Å²) in [6, 6.07) is -0.0284. The maximum atomic E-state index is 12.1. The maximum Gasteiger partial charge on any atom is 0.319 e. The Bertz CT molecular complexity index is 490. The van der Waals surface area contributed by atoms with E-state index in [1.807, 2.05) is 4.68 Å². The van der Waals surface area contributed by atoms with Crippen molar-refractivity contribution in [3.05, 3.63) is 11.9 Å². The smallest absolute Gasteiger partial charge is 0.319 e. The van der Waals surface area contributed by atoms with Crippen LogP contribution in [0.1, 0.15) is 52.1 Å². The fourth-order valence-electron chi connectivity index (χ4n) is 2.96. The van der Waals surface area contributed by atoms with Crippen LogP contribution >= 0.6 is 0 Å². The second kappa shape index (κ2) is 7.63. The van der Waals surface area contributed by atoms with Crippen LogP contribution in [0.5, 0.6) is 0 Å². The van der Waals surface area contributed by atoms with Gasteiger partial charge >= 0.3 is 6.03 Å². The molecule has 3 N–H and O–H groups in total. The number of rotatable bonds is 5. The second-order valence-electron chi connectivity index (χ2n) is 6.54. The van der Waals surface area contributed by atoms with Crippen LogP contribution < -0.4 is 10.6 Å². The lowest BCUT2D eigenvalue weighted by Crippen LogP contribution is -2.41. The number of carbonyl (C=O) groups is 1. The molecule has 22 heavy (non-hydrogen) atoms. The Morgan fingerprint density at radius 2 is 2.09 bits per heavy atom. The predicted octanol–water partition coefficient (Wildman–Crippen LogP) is 2.53. The zero-order valence-electron chi connectivity index (χ0n) is 13.8.